The number of para-hydroxylation sites is 1. The van der Waals surface area contributed by atoms with E-state index in [1.165, 1.54) is 0 Å². The summed E-state index contributed by atoms with van der Waals surface area (Å²) in [5, 5.41) is 3.27. The Bertz CT molecular complexity index is 1120. The molecule has 2 bridgehead atoms. The Labute approximate surface area is 190 Å². The summed E-state index contributed by atoms with van der Waals surface area (Å²) in [6, 6.07) is 14.0. The normalized spacial score (nSPS) is 31.3. The first-order chi connectivity index (χ1) is 15.5. The molecule has 0 spiro atoms. The van der Waals surface area contributed by atoms with Gasteiger partial charge >= 0.3 is 0 Å². The third-order valence-electron chi connectivity index (χ3n) is 7.26. The minimum Gasteiger partial charge on any atom is -0.456 e. The van der Waals surface area contributed by atoms with Gasteiger partial charge in [0.25, 0.3) is 0 Å². The lowest BCUT2D eigenvalue weighted by Crippen LogP contribution is -2.40. The Morgan fingerprint density at radius 1 is 0.969 bits per heavy atom. The van der Waals surface area contributed by atoms with Gasteiger partial charge in [0.2, 0.25) is 17.7 Å². The topological polar surface area (TPSA) is 75.7 Å². The minimum absolute atomic E-state index is 0.158. The van der Waals surface area contributed by atoms with Gasteiger partial charge < -0.3 is 10.1 Å². The van der Waals surface area contributed by atoms with Crippen molar-refractivity contribution in [3.05, 3.63) is 65.7 Å². The quantitative estimate of drug-likeness (QED) is 0.551. The van der Waals surface area contributed by atoms with E-state index in [9.17, 15) is 14.4 Å². The molecule has 162 valence electrons. The third kappa shape index (κ3) is 3.05. The van der Waals surface area contributed by atoms with Crippen molar-refractivity contribution in [2.45, 2.75) is 6.42 Å². The fourth-order valence-corrected chi connectivity index (χ4v) is 5.95. The van der Waals surface area contributed by atoms with Gasteiger partial charge in [0.1, 0.15) is 18.0 Å². The molecule has 5 aliphatic rings. The number of anilines is 1. The fraction of sp³-hybridized carbons (Fsp3) is 0.320. The van der Waals surface area contributed by atoms with Crippen LogP contribution >= 0.6 is 11.6 Å². The number of rotatable bonds is 5. The first-order valence-corrected chi connectivity index (χ1v) is 11.2. The number of imide groups is 1. The van der Waals surface area contributed by atoms with E-state index in [1.54, 1.807) is 36.4 Å². The van der Waals surface area contributed by atoms with Crippen molar-refractivity contribution in [1.29, 1.82) is 0 Å². The van der Waals surface area contributed by atoms with E-state index in [0.29, 0.717) is 34.0 Å². The van der Waals surface area contributed by atoms with Crippen LogP contribution < -0.4 is 10.1 Å². The number of carbonyl (C=O) groups excluding carboxylic acids is 3. The summed E-state index contributed by atoms with van der Waals surface area (Å²) < 4.78 is 5.75. The van der Waals surface area contributed by atoms with Gasteiger partial charge in [0.15, 0.2) is 0 Å². The minimum atomic E-state index is -0.393. The van der Waals surface area contributed by atoms with E-state index in [-0.39, 0.29) is 42.0 Å². The molecule has 3 amide bonds. The fourth-order valence-electron chi connectivity index (χ4n) is 5.78. The number of nitrogens with one attached hydrogen (secondary N) is 1. The zero-order chi connectivity index (χ0) is 22.0. The molecule has 2 aromatic carbocycles. The summed E-state index contributed by atoms with van der Waals surface area (Å²) in [4.78, 5) is 39.8. The number of benzene rings is 2. The lowest BCUT2D eigenvalue weighted by molar-refractivity contribution is -0.142. The van der Waals surface area contributed by atoms with E-state index in [1.807, 2.05) is 12.1 Å². The van der Waals surface area contributed by atoms with Crippen LogP contribution in [0.2, 0.25) is 5.02 Å². The van der Waals surface area contributed by atoms with Gasteiger partial charge in [0.05, 0.1) is 16.9 Å². The molecule has 2 aromatic rings. The maximum atomic E-state index is 13.0. The second kappa shape index (κ2) is 7.20. The molecule has 4 aliphatic carbocycles. The van der Waals surface area contributed by atoms with Gasteiger partial charge in [-0.25, -0.2) is 0 Å². The van der Waals surface area contributed by atoms with Crippen molar-refractivity contribution in [3.8, 4) is 11.5 Å². The molecule has 1 aliphatic heterocycles. The van der Waals surface area contributed by atoms with Crippen molar-refractivity contribution in [1.82, 2.24) is 4.90 Å². The van der Waals surface area contributed by atoms with Crippen molar-refractivity contribution >= 4 is 35.0 Å². The van der Waals surface area contributed by atoms with Gasteiger partial charge in [0, 0.05) is 5.69 Å². The molecule has 7 heteroatoms. The third-order valence-corrected chi connectivity index (χ3v) is 7.57. The molecule has 32 heavy (non-hydrogen) atoms. The highest BCUT2D eigenvalue weighted by Gasteiger charge is 2.67. The molecular weight excluding hydrogens is 428 g/mol. The van der Waals surface area contributed by atoms with Crippen LogP contribution in [0.4, 0.5) is 5.69 Å². The van der Waals surface area contributed by atoms with Crippen LogP contribution in [0.1, 0.15) is 6.42 Å². The number of carbonyl (C=O) groups is 3. The summed E-state index contributed by atoms with van der Waals surface area (Å²) >= 11 is 6.11. The molecular formula is C25H21ClN2O4. The molecule has 3 fully saturated rings. The predicted octanol–water partition coefficient (Wildman–Crippen LogP) is 4.12. The smallest absolute Gasteiger partial charge is 0.244 e. The van der Waals surface area contributed by atoms with Gasteiger partial charge in [-0.05, 0) is 66.5 Å². The van der Waals surface area contributed by atoms with Crippen LogP contribution in [0.3, 0.4) is 0 Å². The van der Waals surface area contributed by atoms with E-state index >= 15 is 0 Å². The maximum Gasteiger partial charge on any atom is 0.244 e. The molecule has 1 N–H and O–H groups in total. The lowest BCUT2D eigenvalue weighted by atomic mass is 9.63. The molecule has 0 aromatic heterocycles. The van der Waals surface area contributed by atoms with E-state index in [2.05, 4.69) is 17.5 Å². The number of hydrogen-bond donors (Lipinski definition) is 1. The SMILES string of the molecule is O=C(CN1C(=O)[C@@H]2[C@@H]3C=C[C@H]([C@@H]4C[C@H]34)[C@@H]2C1=O)Nc1ccc(Oc2ccccc2Cl)cc1. The summed E-state index contributed by atoms with van der Waals surface area (Å²) in [6.45, 7) is -0.253. The lowest BCUT2D eigenvalue weighted by Gasteiger charge is -2.37. The highest BCUT2D eigenvalue weighted by atomic mass is 35.5. The number of amides is 3. The molecule has 7 rings (SSSR count). The largest absolute Gasteiger partial charge is 0.456 e. The second-order valence-electron chi connectivity index (χ2n) is 9.02. The molecule has 0 radical (unpaired) electrons. The van der Waals surface area contributed by atoms with Crippen LogP contribution in [-0.4, -0.2) is 29.2 Å². The Morgan fingerprint density at radius 3 is 2.22 bits per heavy atom. The Morgan fingerprint density at radius 2 is 1.59 bits per heavy atom. The Hall–Kier alpha value is -3.12. The number of allylic oxidation sites excluding steroid dienone is 2. The Kier molecular flexibility index (Phi) is 4.40. The zero-order valence-electron chi connectivity index (χ0n) is 17.1. The van der Waals surface area contributed by atoms with E-state index in [4.69, 9.17) is 16.3 Å². The van der Waals surface area contributed by atoms with Crippen molar-refractivity contribution in [2.24, 2.45) is 35.5 Å². The summed E-state index contributed by atoms with van der Waals surface area (Å²) in [5.74, 6) is 1.18. The summed E-state index contributed by atoms with van der Waals surface area (Å²) in [5.41, 5.74) is 0.556. The molecule has 1 heterocycles. The van der Waals surface area contributed by atoms with E-state index < -0.39 is 5.91 Å². The second-order valence-corrected chi connectivity index (χ2v) is 9.43. The number of likely N-dealkylation sites (tertiary alicyclic amines) is 1. The van der Waals surface area contributed by atoms with Crippen LogP contribution in [-0.2, 0) is 14.4 Å². The highest BCUT2D eigenvalue weighted by molar-refractivity contribution is 6.32. The molecule has 0 unspecified atom stereocenters. The maximum absolute atomic E-state index is 13.0. The monoisotopic (exact) mass is 448 g/mol. The first kappa shape index (κ1) is 19.6. The van der Waals surface area contributed by atoms with Crippen LogP contribution in [0.15, 0.2) is 60.7 Å². The van der Waals surface area contributed by atoms with Gasteiger partial charge in [-0.2, -0.15) is 0 Å². The summed E-state index contributed by atoms with van der Waals surface area (Å²) in [6.07, 6.45) is 5.37. The zero-order valence-corrected chi connectivity index (χ0v) is 17.9. The average molecular weight is 449 g/mol. The predicted molar refractivity (Wildman–Crippen MR) is 118 cm³/mol. The molecule has 1 saturated heterocycles. The van der Waals surface area contributed by atoms with Gasteiger partial charge in [-0.1, -0.05) is 35.9 Å². The van der Waals surface area contributed by atoms with Crippen molar-refractivity contribution < 1.29 is 19.1 Å². The van der Waals surface area contributed by atoms with Crippen molar-refractivity contribution in [2.75, 3.05) is 11.9 Å². The first-order valence-electron chi connectivity index (χ1n) is 10.9. The van der Waals surface area contributed by atoms with E-state index in [0.717, 1.165) is 11.3 Å². The average Bonchev–Trinajstić information content (AvgIpc) is 3.58. The van der Waals surface area contributed by atoms with Crippen LogP contribution in [0.5, 0.6) is 11.5 Å². The van der Waals surface area contributed by atoms with Gasteiger partial charge in [-0.3, -0.25) is 19.3 Å². The molecule has 2 saturated carbocycles. The number of halogens is 1. The molecule has 6 nitrogen and oxygen atoms in total. The Balaban J connectivity index is 1.10. The van der Waals surface area contributed by atoms with Gasteiger partial charge in [-0.15, -0.1) is 0 Å². The van der Waals surface area contributed by atoms with Crippen LogP contribution in [0, 0.1) is 35.5 Å². The standard InChI is InChI=1S/C25H21ClN2O4/c26-19-3-1-2-4-20(19)32-14-7-5-13(6-8-14)27-21(29)12-28-24(30)22-15-9-10-16(18-11-17(15)18)23(22)25(28)31/h1-10,15-18,22-23H,11-12H2,(H,27,29)/t15-,16-,17-,18+,22-,23+/m1/s1. The number of ether oxygens (including phenoxy) is 1. The van der Waals surface area contributed by atoms with Crippen molar-refractivity contribution in [3.63, 3.8) is 0 Å². The summed E-state index contributed by atoms with van der Waals surface area (Å²) in [7, 11) is 0. The van der Waals surface area contributed by atoms with Crippen LogP contribution in [0.25, 0.3) is 0 Å². The molecule has 6 atom stereocenters. The highest BCUT2D eigenvalue weighted by Crippen LogP contribution is 2.65. The number of hydrogen-bond acceptors (Lipinski definition) is 4. The number of nitrogens with zero attached hydrogens (tertiary/aromatic N) is 1.